The van der Waals surface area contributed by atoms with Crippen LogP contribution in [0.15, 0.2) is 29.2 Å². The van der Waals surface area contributed by atoms with Gasteiger partial charge in [-0.2, -0.15) is 0 Å². The molecule has 0 spiro atoms. The quantitative estimate of drug-likeness (QED) is 0.373. The first-order chi connectivity index (χ1) is 5.24. The summed E-state index contributed by atoms with van der Waals surface area (Å²) in [5.41, 5.74) is 3.08. The van der Waals surface area contributed by atoms with Crippen LogP contribution in [-0.4, -0.2) is 8.42 Å². The second-order valence-corrected chi connectivity index (χ2v) is 2.98. The standard InChI is InChI=1S/C6H8N2O2S.ClH/c7-8-5-1-3-6(4-2-5)11(9)10;/h1-4,8,11H,7H2;1H. The third kappa shape index (κ3) is 2.69. The van der Waals surface area contributed by atoms with Crippen molar-refractivity contribution in [2.75, 3.05) is 5.43 Å². The van der Waals surface area contributed by atoms with E-state index in [1.807, 2.05) is 0 Å². The molecule has 68 valence electrons. The number of rotatable bonds is 2. The van der Waals surface area contributed by atoms with Crippen LogP contribution < -0.4 is 11.3 Å². The van der Waals surface area contributed by atoms with Gasteiger partial charge < -0.3 is 5.43 Å². The molecule has 1 aromatic carbocycles. The smallest absolute Gasteiger partial charge is 0.168 e. The number of halogens is 1. The van der Waals surface area contributed by atoms with Gasteiger partial charge in [0, 0.05) is 5.69 Å². The number of nitrogens with one attached hydrogen (secondary N) is 1. The molecule has 0 amide bonds. The summed E-state index contributed by atoms with van der Waals surface area (Å²) in [5.74, 6) is 5.08. The molecule has 1 rings (SSSR count). The maximum Gasteiger partial charge on any atom is 0.168 e. The predicted octanol–water partition coefficient (Wildman–Crippen LogP) is 0.364. The number of benzene rings is 1. The summed E-state index contributed by atoms with van der Waals surface area (Å²) in [6, 6.07) is 6.17. The van der Waals surface area contributed by atoms with Gasteiger partial charge >= 0.3 is 0 Å². The number of nitrogens with two attached hydrogens (primary N) is 1. The second-order valence-electron chi connectivity index (χ2n) is 1.95. The van der Waals surface area contributed by atoms with Crippen LogP contribution in [0.2, 0.25) is 0 Å². The van der Waals surface area contributed by atoms with Gasteiger partial charge in [-0.25, -0.2) is 8.42 Å². The highest BCUT2D eigenvalue weighted by molar-refractivity contribution is 7.72. The van der Waals surface area contributed by atoms with Crippen LogP contribution in [0.5, 0.6) is 0 Å². The Bertz CT molecular complexity index is 302. The Labute approximate surface area is 78.1 Å². The van der Waals surface area contributed by atoms with Crippen molar-refractivity contribution in [1.29, 1.82) is 0 Å². The highest BCUT2D eigenvalue weighted by Crippen LogP contribution is 2.08. The SMILES string of the molecule is Cl.NNc1ccc([SH](=O)=O)cc1. The summed E-state index contributed by atoms with van der Waals surface area (Å²) in [6.07, 6.45) is 0. The van der Waals surface area contributed by atoms with E-state index in [1.165, 1.54) is 12.1 Å². The lowest BCUT2D eigenvalue weighted by atomic mass is 10.3. The van der Waals surface area contributed by atoms with Gasteiger partial charge in [0.1, 0.15) is 0 Å². The molecule has 0 aromatic heterocycles. The Hall–Kier alpha value is -0.780. The van der Waals surface area contributed by atoms with Crippen LogP contribution in [0.3, 0.4) is 0 Å². The lowest BCUT2D eigenvalue weighted by Crippen LogP contribution is -2.06. The van der Waals surface area contributed by atoms with Crippen LogP contribution in [0.4, 0.5) is 5.69 Å². The number of hydrazine groups is 1. The molecule has 12 heavy (non-hydrogen) atoms. The van der Waals surface area contributed by atoms with Gasteiger partial charge in [-0.3, -0.25) is 5.84 Å². The molecule has 0 radical (unpaired) electrons. The molecule has 0 fully saturated rings. The van der Waals surface area contributed by atoms with E-state index in [9.17, 15) is 8.42 Å². The fourth-order valence-electron chi connectivity index (χ4n) is 0.679. The third-order valence-corrected chi connectivity index (χ3v) is 1.96. The molecular formula is C6H9ClN2O2S. The van der Waals surface area contributed by atoms with Gasteiger partial charge in [-0.05, 0) is 24.3 Å². The molecule has 0 saturated heterocycles. The minimum absolute atomic E-state index is 0. The predicted molar refractivity (Wildman–Crippen MR) is 50.1 cm³/mol. The maximum atomic E-state index is 10.4. The van der Waals surface area contributed by atoms with Crippen LogP contribution >= 0.6 is 12.4 Å². The molecule has 0 aliphatic carbocycles. The summed E-state index contributed by atoms with van der Waals surface area (Å²) in [4.78, 5) is 0.291. The van der Waals surface area contributed by atoms with E-state index in [-0.39, 0.29) is 12.4 Å². The normalized spacial score (nSPS) is 9.17. The zero-order valence-electron chi connectivity index (χ0n) is 6.06. The van der Waals surface area contributed by atoms with Crippen molar-refractivity contribution in [3.05, 3.63) is 24.3 Å². The van der Waals surface area contributed by atoms with E-state index in [1.54, 1.807) is 12.1 Å². The highest BCUT2D eigenvalue weighted by Gasteiger charge is 1.92. The van der Waals surface area contributed by atoms with Crippen molar-refractivity contribution in [2.45, 2.75) is 4.90 Å². The van der Waals surface area contributed by atoms with E-state index in [2.05, 4.69) is 5.43 Å². The minimum Gasteiger partial charge on any atom is -0.324 e. The van der Waals surface area contributed by atoms with Crippen LogP contribution in [0.25, 0.3) is 0 Å². The molecule has 0 unspecified atom stereocenters. The Kier molecular flexibility index (Phi) is 4.65. The van der Waals surface area contributed by atoms with Crippen molar-refractivity contribution in [1.82, 2.24) is 0 Å². The fourth-order valence-corrected chi connectivity index (χ4v) is 1.07. The Morgan fingerprint density at radius 1 is 1.17 bits per heavy atom. The molecule has 0 aliphatic rings. The largest absolute Gasteiger partial charge is 0.324 e. The van der Waals surface area contributed by atoms with Gasteiger partial charge in [-0.15, -0.1) is 12.4 Å². The Morgan fingerprint density at radius 3 is 2.00 bits per heavy atom. The zero-order valence-corrected chi connectivity index (χ0v) is 7.77. The zero-order chi connectivity index (χ0) is 8.27. The van der Waals surface area contributed by atoms with E-state index >= 15 is 0 Å². The van der Waals surface area contributed by atoms with E-state index in [4.69, 9.17) is 5.84 Å². The van der Waals surface area contributed by atoms with E-state index in [0.29, 0.717) is 10.6 Å². The topological polar surface area (TPSA) is 72.2 Å². The van der Waals surface area contributed by atoms with Gasteiger partial charge in [0.25, 0.3) is 0 Å². The highest BCUT2D eigenvalue weighted by atomic mass is 35.5. The van der Waals surface area contributed by atoms with Gasteiger partial charge in [0.2, 0.25) is 0 Å². The first-order valence-corrected chi connectivity index (χ1v) is 4.13. The van der Waals surface area contributed by atoms with Crippen molar-refractivity contribution in [3.8, 4) is 0 Å². The van der Waals surface area contributed by atoms with Crippen molar-refractivity contribution in [3.63, 3.8) is 0 Å². The Balaban J connectivity index is 0.00000121. The molecule has 0 aliphatic heterocycles. The minimum atomic E-state index is -2.48. The summed E-state index contributed by atoms with van der Waals surface area (Å²) in [6.45, 7) is 0. The van der Waals surface area contributed by atoms with Gasteiger partial charge in [0.15, 0.2) is 10.7 Å². The molecule has 3 N–H and O–H groups in total. The molecule has 6 heteroatoms. The van der Waals surface area contributed by atoms with Gasteiger partial charge in [0.05, 0.1) is 4.90 Å². The number of thiol groups is 1. The monoisotopic (exact) mass is 208 g/mol. The van der Waals surface area contributed by atoms with Crippen LogP contribution in [0.1, 0.15) is 0 Å². The average Bonchev–Trinajstić information content (AvgIpc) is 2.05. The number of nitrogen functional groups attached to an aromatic ring is 1. The van der Waals surface area contributed by atoms with E-state index in [0.717, 1.165) is 0 Å². The summed E-state index contributed by atoms with van der Waals surface area (Å²) in [7, 11) is -2.48. The maximum absolute atomic E-state index is 10.4. The van der Waals surface area contributed by atoms with Crippen molar-refractivity contribution in [2.24, 2.45) is 5.84 Å². The number of hydrogen-bond acceptors (Lipinski definition) is 4. The van der Waals surface area contributed by atoms with Crippen LogP contribution in [-0.2, 0) is 10.7 Å². The second kappa shape index (κ2) is 4.97. The fraction of sp³-hybridized carbons (Fsp3) is 0. The molecule has 0 saturated carbocycles. The number of anilines is 1. The van der Waals surface area contributed by atoms with Gasteiger partial charge in [-0.1, -0.05) is 0 Å². The first kappa shape index (κ1) is 11.2. The molecule has 0 bridgehead atoms. The summed E-state index contributed by atoms with van der Waals surface area (Å²) < 4.78 is 20.8. The Morgan fingerprint density at radius 2 is 1.67 bits per heavy atom. The lowest BCUT2D eigenvalue weighted by Gasteiger charge is -1.97. The lowest BCUT2D eigenvalue weighted by molar-refractivity contribution is 0.614. The average molecular weight is 209 g/mol. The van der Waals surface area contributed by atoms with E-state index < -0.39 is 10.7 Å². The summed E-state index contributed by atoms with van der Waals surface area (Å²) in [5, 5.41) is 0. The molecule has 1 aromatic rings. The summed E-state index contributed by atoms with van der Waals surface area (Å²) >= 11 is 0. The molecule has 4 nitrogen and oxygen atoms in total. The third-order valence-electron chi connectivity index (χ3n) is 1.24. The van der Waals surface area contributed by atoms with Crippen LogP contribution in [0, 0.1) is 0 Å². The molecular weight excluding hydrogens is 200 g/mol. The number of hydrogen-bond donors (Lipinski definition) is 3. The van der Waals surface area contributed by atoms with Crippen molar-refractivity contribution >= 4 is 28.8 Å². The van der Waals surface area contributed by atoms with Crippen molar-refractivity contribution < 1.29 is 8.42 Å². The molecule has 0 heterocycles. The first-order valence-electron chi connectivity index (χ1n) is 2.95. The molecule has 0 atom stereocenters.